The lowest BCUT2D eigenvalue weighted by molar-refractivity contribution is -0.388. The van der Waals surface area contributed by atoms with Crippen molar-refractivity contribution in [1.82, 2.24) is 9.97 Å². The smallest absolute Gasteiger partial charge is 0.349 e. The van der Waals surface area contributed by atoms with Gasteiger partial charge in [0.25, 0.3) is 0 Å². The van der Waals surface area contributed by atoms with Crippen LogP contribution in [0.25, 0.3) is 0 Å². The minimum atomic E-state index is -0.771. The minimum Gasteiger partial charge on any atom is -0.426 e. The second-order valence-electron chi connectivity index (χ2n) is 3.87. The maximum atomic E-state index is 11.1. The summed E-state index contributed by atoms with van der Waals surface area (Å²) < 4.78 is 5.21. The highest BCUT2D eigenvalue weighted by Gasteiger charge is 2.24. The van der Waals surface area contributed by atoms with Crippen LogP contribution in [0.3, 0.4) is 0 Å². The molecule has 0 unspecified atom stereocenters. The molecule has 10 heteroatoms. The molecule has 21 heavy (non-hydrogen) atoms. The van der Waals surface area contributed by atoms with Gasteiger partial charge in [0.2, 0.25) is 11.0 Å². The van der Waals surface area contributed by atoms with E-state index in [0.717, 1.165) is 6.20 Å². The van der Waals surface area contributed by atoms with Gasteiger partial charge in [0.05, 0.1) is 9.85 Å². The first-order chi connectivity index (χ1) is 9.90. The van der Waals surface area contributed by atoms with Gasteiger partial charge in [-0.2, -0.15) is 4.98 Å². The van der Waals surface area contributed by atoms with Crippen molar-refractivity contribution in [2.45, 2.75) is 6.92 Å². The summed E-state index contributed by atoms with van der Waals surface area (Å²) in [6.45, 7) is 1.52. The predicted octanol–water partition coefficient (Wildman–Crippen LogP) is 3.05. The van der Waals surface area contributed by atoms with E-state index in [1.54, 1.807) is 0 Å². The lowest BCUT2D eigenvalue weighted by Gasteiger charge is -2.07. The Labute approximate surface area is 122 Å². The molecule has 0 atom stereocenters. The molecule has 0 amide bonds. The van der Waals surface area contributed by atoms with Crippen LogP contribution in [-0.2, 0) is 0 Å². The fourth-order valence-corrected chi connectivity index (χ4v) is 1.72. The van der Waals surface area contributed by atoms with E-state index in [-0.39, 0.29) is 16.7 Å². The van der Waals surface area contributed by atoms with E-state index in [2.05, 4.69) is 9.97 Å². The first kappa shape index (κ1) is 14.6. The lowest BCUT2D eigenvalue weighted by Crippen LogP contribution is -2.00. The van der Waals surface area contributed by atoms with Gasteiger partial charge in [-0.05, 0) is 24.6 Å². The number of hydrogen-bond acceptors (Lipinski definition) is 7. The van der Waals surface area contributed by atoms with Crippen molar-refractivity contribution in [2.24, 2.45) is 0 Å². The van der Waals surface area contributed by atoms with Crippen LogP contribution in [-0.4, -0.2) is 19.8 Å². The summed E-state index contributed by atoms with van der Waals surface area (Å²) in [5.41, 5.74) is -0.503. The zero-order chi connectivity index (χ0) is 15.6. The number of aryl methyl sites for hydroxylation is 1. The average Bonchev–Trinajstić information content (AvgIpc) is 2.37. The van der Waals surface area contributed by atoms with Crippen molar-refractivity contribution >= 4 is 23.0 Å². The fourth-order valence-electron chi connectivity index (χ4n) is 1.59. The van der Waals surface area contributed by atoms with Crippen LogP contribution in [0.4, 0.5) is 11.4 Å². The third-order valence-corrected chi connectivity index (χ3v) is 2.68. The molecule has 0 spiro atoms. The molecule has 1 aromatic carbocycles. The van der Waals surface area contributed by atoms with E-state index in [4.69, 9.17) is 16.3 Å². The summed E-state index contributed by atoms with van der Waals surface area (Å²) in [6, 6.07) is 4.35. The Hall–Kier alpha value is -2.81. The number of para-hydroxylation sites is 1. The third-order valence-electron chi connectivity index (χ3n) is 2.49. The monoisotopic (exact) mass is 310 g/mol. The average molecular weight is 311 g/mol. The summed E-state index contributed by atoms with van der Waals surface area (Å²) >= 11 is 5.56. The summed E-state index contributed by atoms with van der Waals surface area (Å²) in [5.74, 6) is -0.633. The van der Waals surface area contributed by atoms with Crippen molar-refractivity contribution in [3.63, 3.8) is 0 Å². The summed E-state index contributed by atoms with van der Waals surface area (Å²) in [5, 5.41) is 21.7. The topological polar surface area (TPSA) is 121 Å². The van der Waals surface area contributed by atoms with Gasteiger partial charge >= 0.3 is 17.3 Å². The maximum Gasteiger partial charge on any atom is 0.349 e. The van der Waals surface area contributed by atoms with Crippen LogP contribution in [0.2, 0.25) is 5.28 Å². The number of rotatable bonds is 4. The number of ether oxygens (including phenoxy) is 1. The predicted molar refractivity (Wildman–Crippen MR) is 71.6 cm³/mol. The van der Waals surface area contributed by atoms with Crippen LogP contribution in [0.15, 0.2) is 24.4 Å². The number of hydrogen-bond donors (Lipinski definition) is 0. The number of benzene rings is 1. The number of halogens is 1. The normalized spacial score (nSPS) is 10.2. The van der Waals surface area contributed by atoms with E-state index >= 15 is 0 Å². The van der Waals surface area contributed by atoms with Crippen molar-refractivity contribution in [3.8, 4) is 11.6 Å². The highest BCUT2D eigenvalue weighted by atomic mass is 35.5. The van der Waals surface area contributed by atoms with E-state index in [9.17, 15) is 20.2 Å². The molecule has 0 bridgehead atoms. The van der Waals surface area contributed by atoms with Gasteiger partial charge in [0.15, 0.2) is 0 Å². The van der Waals surface area contributed by atoms with Gasteiger partial charge in [-0.1, -0.05) is 12.1 Å². The fraction of sp³-hybridized carbons (Fsp3) is 0.0909. The molecule has 0 saturated carbocycles. The maximum absolute atomic E-state index is 11.1. The number of nitrogens with zero attached hydrogens (tertiary/aromatic N) is 4. The third kappa shape index (κ3) is 3.03. The van der Waals surface area contributed by atoms with E-state index in [1.165, 1.54) is 25.1 Å². The molecular formula is C11H7ClN4O5. The van der Waals surface area contributed by atoms with Crippen LogP contribution in [0.1, 0.15) is 5.56 Å². The summed E-state index contributed by atoms with van der Waals surface area (Å²) in [7, 11) is 0. The summed E-state index contributed by atoms with van der Waals surface area (Å²) in [4.78, 5) is 27.6. The Kier molecular flexibility index (Phi) is 3.94. The number of nitro benzene ring substituents is 1. The molecule has 0 saturated heterocycles. The molecular weight excluding hydrogens is 304 g/mol. The van der Waals surface area contributed by atoms with Gasteiger partial charge in [0.1, 0.15) is 6.20 Å². The van der Waals surface area contributed by atoms with Crippen molar-refractivity contribution in [2.75, 3.05) is 0 Å². The van der Waals surface area contributed by atoms with Crippen LogP contribution < -0.4 is 4.74 Å². The van der Waals surface area contributed by atoms with Crippen LogP contribution in [0.5, 0.6) is 11.6 Å². The first-order valence-corrected chi connectivity index (χ1v) is 5.86. The lowest BCUT2D eigenvalue weighted by atomic mass is 10.2. The number of aromatic nitrogens is 2. The second-order valence-corrected chi connectivity index (χ2v) is 4.21. The molecule has 0 N–H and O–H groups in total. The molecule has 108 valence electrons. The molecule has 2 aromatic rings. The molecule has 0 aliphatic carbocycles. The SMILES string of the molecule is Cc1cccc(Oc2nc(Cl)ncc2[N+](=O)[O-])c1[N+](=O)[O-]. The zero-order valence-corrected chi connectivity index (χ0v) is 11.3. The first-order valence-electron chi connectivity index (χ1n) is 5.49. The van der Waals surface area contributed by atoms with Crippen LogP contribution in [0, 0.1) is 27.2 Å². The van der Waals surface area contributed by atoms with Gasteiger partial charge in [-0.3, -0.25) is 20.2 Å². The second kappa shape index (κ2) is 5.67. The van der Waals surface area contributed by atoms with Crippen molar-refractivity contribution in [1.29, 1.82) is 0 Å². The van der Waals surface area contributed by atoms with Crippen molar-refractivity contribution < 1.29 is 14.6 Å². The largest absolute Gasteiger partial charge is 0.426 e. The molecule has 0 aliphatic rings. The Balaban J connectivity index is 2.53. The molecule has 1 heterocycles. The highest BCUT2D eigenvalue weighted by molar-refractivity contribution is 6.28. The molecule has 0 radical (unpaired) electrons. The standard InChI is InChI=1S/C11H7ClN4O5/c1-6-3-2-4-8(9(6)16(19)20)21-10-7(15(17)18)5-13-11(12)14-10/h2-5H,1H3. The highest BCUT2D eigenvalue weighted by Crippen LogP contribution is 2.36. The zero-order valence-electron chi connectivity index (χ0n) is 10.5. The van der Waals surface area contributed by atoms with Gasteiger partial charge in [0, 0.05) is 5.56 Å². The Bertz CT molecular complexity index is 737. The van der Waals surface area contributed by atoms with E-state index in [1.807, 2.05) is 0 Å². The number of nitro groups is 2. The van der Waals surface area contributed by atoms with Gasteiger partial charge in [-0.25, -0.2) is 4.98 Å². The Morgan fingerprint density at radius 3 is 2.57 bits per heavy atom. The molecule has 0 fully saturated rings. The molecule has 0 aliphatic heterocycles. The molecule has 1 aromatic heterocycles. The Morgan fingerprint density at radius 1 is 1.24 bits per heavy atom. The Morgan fingerprint density at radius 2 is 1.95 bits per heavy atom. The quantitative estimate of drug-likeness (QED) is 0.483. The van der Waals surface area contributed by atoms with Gasteiger partial charge < -0.3 is 4.74 Å². The molecule has 9 nitrogen and oxygen atoms in total. The van der Waals surface area contributed by atoms with E-state index < -0.39 is 21.4 Å². The van der Waals surface area contributed by atoms with Gasteiger partial charge in [-0.15, -0.1) is 0 Å². The summed E-state index contributed by atoms with van der Waals surface area (Å²) in [6.07, 6.45) is 0.867. The van der Waals surface area contributed by atoms with E-state index in [0.29, 0.717) is 5.56 Å². The minimum absolute atomic E-state index is 0.169. The van der Waals surface area contributed by atoms with Crippen LogP contribution >= 0.6 is 11.6 Å². The van der Waals surface area contributed by atoms with Crippen molar-refractivity contribution in [3.05, 3.63) is 55.5 Å². The molecule has 2 rings (SSSR count).